The summed E-state index contributed by atoms with van der Waals surface area (Å²) in [5, 5.41) is 5.93. The molecule has 4 heteroatoms. The van der Waals surface area contributed by atoms with E-state index in [2.05, 4.69) is 10.6 Å². The van der Waals surface area contributed by atoms with Crippen LogP contribution in [-0.4, -0.2) is 26.6 Å². The molecular weight excluding hydrogens is 228 g/mol. The van der Waals surface area contributed by atoms with Crippen molar-refractivity contribution in [1.29, 1.82) is 0 Å². The monoisotopic (exact) mass is 250 g/mol. The molecule has 0 aliphatic heterocycles. The zero-order valence-electron chi connectivity index (χ0n) is 11.4. The minimum atomic E-state index is 0.0878. The molecule has 18 heavy (non-hydrogen) atoms. The first kappa shape index (κ1) is 14.5. The molecule has 0 radical (unpaired) electrons. The highest BCUT2D eigenvalue weighted by atomic mass is 16.5. The Kier molecular flexibility index (Phi) is 6.22. The molecule has 1 aromatic rings. The summed E-state index contributed by atoms with van der Waals surface area (Å²) in [6.45, 7) is 3.42. The fraction of sp³-hybridized carbons (Fsp3) is 0.500. The van der Waals surface area contributed by atoms with E-state index in [0.29, 0.717) is 13.0 Å². The molecule has 100 valence electrons. The number of methoxy groups -OCH3 is 1. The van der Waals surface area contributed by atoms with E-state index in [1.165, 1.54) is 0 Å². The number of benzene rings is 1. The van der Waals surface area contributed by atoms with Crippen LogP contribution >= 0.6 is 0 Å². The topological polar surface area (TPSA) is 50.4 Å². The maximum atomic E-state index is 11.5. The molecule has 0 unspecified atom stereocenters. The van der Waals surface area contributed by atoms with E-state index in [0.717, 1.165) is 29.8 Å². The fourth-order valence-corrected chi connectivity index (χ4v) is 1.69. The Hall–Kier alpha value is -1.55. The molecule has 0 aliphatic rings. The zero-order chi connectivity index (χ0) is 13.4. The van der Waals surface area contributed by atoms with Gasteiger partial charge < -0.3 is 15.4 Å². The third-order valence-corrected chi connectivity index (χ3v) is 2.79. The van der Waals surface area contributed by atoms with E-state index in [1.807, 2.05) is 32.2 Å². The first-order valence-electron chi connectivity index (χ1n) is 6.22. The molecule has 4 nitrogen and oxygen atoms in total. The third kappa shape index (κ3) is 4.75. The Morgan fingerprint density at radius 1 is 1.39 bits per heavy atom. The number of carbonyl (C=O) groups excluding carboxylic acids is 1. The Morgan fingerprint density at radius 2 is 2.17 bits per heavy atom. The third-order valence-electron chi connectivity index (χ3n) is 2.79. The maximum absolute atomic E-state index is 11.5. The summed E-state index contributed by atoms with van der Waals surface area (Å²) in [6, 6.07) is 5.97. The number of carbonyl (C=O) groups is 1. The molecule has 0 fully saturated rings. The molecule has 0 saturated carbocycles. The van der Waals surface area contributed by atoms with Crippen molar-refractivity contribution in [2.75, 3.05) is 20.7 Å². The van der Waals surface area contributed by atoms with E-state index in [4.69, 9.17) is 4.74 Å². The van der Waals surface area contributed by atoms with Crippen molar-refractivity contribution in [3.8, 4) is 5.75 Å². The molecular formula is C14H22N2O2. The Balaban J connectivity index is 2.41. The van der Waals surface area contributed by atoms with Gasteiger partial charge in [0.2, 0.25) is 5.91 Å². The number of ether oxygens (including phenoxy) is 1. The summed E-state index contributed by atoms with van der Waals surface area (Å²) in [4.78, 5) is 11.5. The average molecular weight is 250 g/mol. The molecule has 0 aliphatic carbocycles. The predicted molar refractivity (Wildman–Crippen MR) is 72.7 cm³/mol. The lowest BCUT2D eigenvalue weighted by Gasteiger charge is -2.09. The minimum Gasteiger partial charge on any atom is -0.496 e. The lowest BCUT2D eigenvalue weighted by atomic mass is 10.1. The molecule has 1 aromatic carbocycles. The number of nitrogens with one attached hydrogen (secondary N) is 2. The second-order valence-corrected chi connectivity index (χ2v) is 4.29. The highest BCUT2D eigenvalue weighted by Crippen LogP contribution is 2.18. The van der Waals surface area contributed by atoms with Crippen molar-refractivity contribution in [3.05, 3.63) is 29.3 Å². The minimum absolute atomic E-state index is 0.0878. The van der Waals surface area contributed by atoms with Crippen molar-refractivity contribution in [1.82, 2.24) is 10.6 Å². The number of hydrogen-bond acceptors (Lipinski definition) is 3. The van der Waals surface area contributed by atoms with Crippen LogP contribution in [0, 0.1) is 6.92 Å². The molecule has 0 heterocycles. The predicted octanol–water partition coefficient (Wildman–Crippen LogP) is 1.62. The summed E-state index contributed by atoms with van der Waals surface area (Å²) >= 11 is 0. The summed E-state index contributed by atoms with van der Waals surface area (Å²) in [6.07, 6.45) is 1.42. The van der Waals surface area contributed by atoms with Gasteiger partial charge in [0.1, 0.15) is 5.75 Å². The molecule has 0 bridgehead atoms. The van der Waals surface area contributed by atoms with Crippen LogP contribution in [0.1, 0.15) is 24.0 Å². The van der Waals surface area contributed by atoms with Crippen LogP contribution in [0.4, 0.5) is 0 Å². The molecule has 0 aromatic heterocycles. The van der Waals surface area contributed by atoms with Crippen LogP contribution in [0.3, 0.4) is 0 Å². The first-order valence-corrected chi connectivity index (χ1v) is 6.22. The molecule has 1 amide bonds. The van der Waals surface area contributed by atoms with Crippen molar-refractivity contribution < 1.29 is 9.53 Å². The van der Waals surface area contributed by atoms with Gasteiger partial charge in [-0.15, -0.1) is 0 Å². The summed E-state index contributed by atoms with van der Waals surface area (Å²) < 4.78 is 5.25. The van der Waals surface area contributed by atoms with E-state index < -0.39 is 0 Å². The van der Waals surface area contributed by atoms with Gasteiger partial charge in [-0.1, -0.05) is 12.1 Å². The molecule has 0 atom stereocenters. The Bertz CT molecular complexity index is 391. The van der Waals surface area contributed by atoms with E-state index >= 15 is 0 Å². The SMILES string of the molecule is CNCCCC(=O)NCc1ccc(C)c(OC)c1. The number of rotatable bonds is 7. The second kappa shape index (κ2) is 7.71. The quantitative estimate of drug-likeness (QED) is 0.723. The summed E-state index contributed by atoms with van der Waals surface area (Å²) in [5.41, 5.74) is 2.15. The van der Waals surface area contributed by atoms with Gasteiger partial charge in [-0.3, -0.25) is 4.79 Å². The molecule has 0 spiro atoms. The van der Waals surface area contributed by atoms with Gasteiger partial charge >= 0.3 is 0 Å². The Labute approximate surface area is 109 Å². The van der Waals surface area contributed by atoms with E-state index in [9.17, 15) is 4.79 Å². The van der Waals surface area contributed by atoms with E-state index in [1.54, 1.807) is 7.11 Å². The number of hydrogen-bond donors (Lipinski definition) is 2. The summed E-state index contributed by atoms with van der Waals surface area (Å²) in [5.74, 6) is 0.946. The molecule has 1 rings (SSSR count). The van der Waals surface area contributed by atoms with Gasteiger partial charge in [0.05, 0.1) is 7.11 Å². The van der Waals surface area contributed by atoms with Crippen molar-refractivity contribution in [2.45, 2.75) is 26.3 Å². The van der Waals surface area contributed by atoms with Gasteiger partial charge in [-0.25, -0.2) is 0 Å². The Morgan fingerprint density at radius 3 is 2.83 bits per heavy atom. The maximum Gasteiger partial charge on any atom is 0.220 e. The van der Waals surface area contributed by atoms with Gasteiger partial charge in [0, 0.05) is 13.0 Å². The van der Waals surface area contributed by atoms with E-state index in [-0.39, 0.29) is 5.91 Å². The van der Waals surface area contributed by atoms with Gasteiger partial charge in [-0.2, -0.15) is 0 Å². The average Bonchev–Trinajstić information content (AvgIpc) is 2.38. The molecule has 0 saturated heterocycles. The normalized spacial score (nSPS) is 10.2. The van der Waals surface area contributed by atoms with Crippen LogP contribution in [0.25, 0.3) is 0 Å². The summed E-state index contributed by atoms with van der Waals surface area (Å²) in [7, 11) is 3.54. The highest BCUT2D eigenvalue weighted by molar-refractivity contribution is 5.75. The van der Waals surface area contributed by atoms with Crippen LogP contribution < -0.4 is 15.4 Å². The second-order valence-electron chi connectivity index (χ2n) is 4.29. The lowest BCUT2D eigenvalue weighted by Crippen LogP contribution is -2.23. The fourth-order valence-electron chi connectivity index (χ4n) is 1.69. The van der Waals surface area contributed by atoms with Gasteiger partial charge in [0.25, 0.3) is 0 Å². The number of amides is 1. The van der Waals surface area contributed by atoms with Crippen LogP contribution in [0.15, 0.2) is 18.2 Å². The van der Waals surface area contributed by atoms with Crippen LogP contribution in [0.2, 0.25) is 0 Å². The molecule has 2 N–H and O–H groups in total. The largest absolute Gasteiger partial charge is 0.496 e. The highest BCUT2D eigenvalue weighted by Gasteiger charge is 2.03. The van der Waals surface area contributed by atoms with Crippen LogP contribution in [0.5, 0.6) is 5.75 Å². The van der Waals surface area contributed by atoms with Crippen molar-refractivity contribution in [3.63, 3.8) is 0 Å². The standard InChI is InChI=1S/C14H22N2O2/c1-11-6-7-12(9-13(11)18-3)10-16-14(17)5-4-8-15-2/h6-7,9,15H,4-5,8,10H2,1-3H3,(H,16,17). The van der Waals surface area contributed by atoms with Crippen molar-refractivity contribution in [2.24, 2.45) is 0 Å². The first-order chi connectivity index (χ1) is 8.67. The van der Waals surface area contributed by atoms with Gasteiger partial charge in [0.15, 0.2) is 0 Å². The smallest absolute Gasteiger partial charge is 0.220 e. The van der Waals surface area contributed by atoms with Crippen molar-refractivity contribution >= 4 is 5.91 Å². The van der Waals surface area contributed by atoms with Crippen LogP contribution in [-0.2, 0) is 11.3 Å². The zero-order valence-corrected chi connectivity index (χ0v) is 11.4. The van der Waals surface area contributed by atoms with Gasteiger partial charge in [-0.05, 0) is 44.1 Å². The lowest BCUT2D eigenvalue weighted by molar-refractivity contribution is -0.121. The number of aryl methyl sites for hydroxylation is 1.